The van der Waals surface area contributed by atoms with E-state index in [-0.39, 0.29) is 11.1 Å². The van der Waals surface area contributed by atoms with Crippen LogP contribution in [0.15, 0.2) is 36.4 Å². The Bertz CT molecular complexity index is 796. The summed E-state index contributed by atoms with van der Waals surface area (Å²) in [6, 6.07) is 8.78. The molecule has 100 valence electrons. The van der Waals surface area contributed by atoms with E-state index >= 15 is 0 Å². The van der Waals surface area contributed by atoms with E-state index in [0.717, 1.165) is 10.8 Å². The first kappa shape index (κ1) is 12.7. The maximum Gasteiger partial charge on any atom is 0.336 e. The van der Waals surface area contributed by atoms with Gasteiger partial charge in [0.1, 0.15) is 5.01 Å². The van der Waals surface area contributed by atoms with E-state index in [0.29, 0.717) is 16.6 Å². The largest absolute Gasteiger partial charge is 0.478 e. The predicted octanol–water partition coefficient (Wildman–Crippen LogP) is 3.94. The van der Waals surface area contributed by atoms with Gasteiger partial charge in [-0.05, 0) is 24.3 Å². The molecule has 0 bridgehead atoms. The van der Waals surface area contributed by atoms with Crippen LogP contribution >= 0.6 is 11.3 Å². The van der Waals surface area contributed by atoms with Gasteiger partial charge in [0.25, 0.3) is 0 Å². The number of halogens is 2. The van der Waals surface area contributed by atoms with Crippen LogP contribution in [-0.4, -0.2) is 16.1 Å². The molecule has 0 radical (unpaired) electrons. The minimum absolute atomic E-state index is 0.0811. The molecule has 0 spiro atoms. The van der Waals surface area contributed by atoms with Gasteiger partial charge in [-0.15, -0.1) is 11.3 Å². The zero-order valence-corrected chi connectivity index (χ0v) is 10.7. The number of aromatic nitrogens is 1. The first-order valence-electron chi connectivity index (χ1n) is 5.64. The van der Waals surface area contributed by atoms with Gasteiger partial charge in [-0.1, -0.05) is 12.1 Å². The number of hydrogen-bond acceptors (Lipinski definition) is 3. The lowest BCUT2D eigenvalue weighted by Crippen LogP contribution is -2.02. The van der Waals surface area contributed by atoms with Crippen LogP contribution in [0.3, 0.4) is 0 Å². The van der Waals surface area contributed by atoms with Crippen molar-refractivity contribution in [3.05, 3.63) is 53.6 Å². The SMILES string of the molecule is O=C(O)c1cc(F)c(F)cc1-c1nc2ccccc2s1. The Balaban J connectivity index is 2.27. The van der Waals surface area contributed by atoms with E-state index in [1.54, 1.807) is 12.1 Å². The van der Waals surface area contributed by atoms with Gasteiger partial charge in [-0.25, -0.2) is 18.6 Å². The molecule has 0 amide bonds. The fourth-order valence-electron chi connectivity index (χ4n) is 1.89. The minimum atomic E-state index is -1.32. The number of carboxylic acid groups (broad SMARTS) is 1. The lowest BCUT2D eigenvalue weighted by molar-refractivity contribution is 0.0697. The summed E-state index contributed by atoms with van der Waals surface area (Å²) >= 11 is 1.23. The fraction of sp³-hybridized carbons (Fsp3) is 0. The predicted molar refractivity (Wildman–Crippen MR) is 71.9 cm³/mol. The molecule has 0 saturated carbocycles. The van der Waals surface area contributed by atoms with Crippen molar-refractivity contribution >= 4 is 27.5 Å². The lowest BCUT2D eigenvalue weighted by Gasteiger charge is -2.03. The Morgan fingerprint density at radius 2 is 1.85 bits per heavy atom. The Kier molecular flexibility index (Phi) is 2.94. The molecule has 0 saturated heterocycles. The molecule has 6 heteroatoms. The molecule has 2 aromatic carbocycles. The van der Waals surface area contributed by atoms with Crippen molar-refractivity contribution in [3.63, 3.8) is 0 Å². The lowest BCUT2D eigenvalue weighted by atomic mass is 10.1. The molecule has 0 aliphatic heterocycles. The van der Waals surface area contributed by atoms with Crippen LogP contribution in [0.5, 0.6) is 0 Å². The summed E-state index contributed by atoms with van der Waals surface area (Å²) in [7, 11) is 0. The maximum absolute atomic E-state index is 13.4. The van der Waals surface area contributed by atoms with E-state index in [1.165, 1.54) is 11.3 Å². The van der Waals surface area contributed by atoms with Crippen molar-refractivity contribution < 1.29 is 18.7 Å². The van der Waals surface area contributed by atoms with Gasteiger partial charge in [0.2, 0.25) is 0 Å². The quantitative estimate of drug-likeness (QED) is 0.778. The molecular weight excluding hydrogens is 284 g/mol. The standard InChI is InChI=1S/C14H7F2NO2S/c15-9-5-7(8(14(18)19)6-10(9)16)13-17-11-3-1-2-4-12(11)20-13/h1-6H,(H,18,19). The summed E-state index contributed by atoms with van der Waals surface area (Å²) in [6.07, 6.45) is 0. The molecule has 3 aromatic rings. The highest BCUT2D eigenvalue weighted by molar-refractivity contribution is 7.21. The number of carboxylic acids is 1. The van der Waals surface area contributed by atoms with Crippen LogP contribution in [0.4, 0.5) is 8.78 Å². The van der Waals surface area contributed by atoms with Gasteiger partial charge < -0.3 is 5.11 Å². The van der Waals surface area contributed by atoms with Gasteiger partial charge in [0.05, 0.1) is 15.8 Å². The smallest absolute Gasteiger partial charge is 0.336 e. The Labute approximate surface area is 116 Å². The number of nitrogens with zero attached hydrogens (tertiary/aromatic N) is 1. The van der Waals surface area contributed by atoms with Crippen molar-refractivity contribution in [2.45, 2.75) is 0 Å². The summed E-state index contributed by atoms with van der Waals surface area (Å²) in [5.74, 6) is -3.60. The number of benzene rings is 2. The molecular formula is C14H7F2NO2S. The van der Waals surface area contributed by atoms with Gasteiger partial charge >= 0.3 is 5.97 Å². The highest BCUT2D eigenvalue weighted by Crippen LogP contribution is 2.33. The third-order valence-corrected chi connectivity index (χ3v) is 3.88. The highest BCUT2D eigenvalue weighted by atomic mass is 32.1. The van der Waals surface area contributed by atoms with E-state index in [1.807, 2.05) is 12.1 Å². The highest BCUT2D eigenvalue weighted by Gasteiger charge is 2.19. The maximum atomic E-state index is 13.4. The second-order valence-electron chi connectivity index (χ2n) is 4.10. The fourth-order valence-corrected chi connectivity index (χ4v) is 2.88. The molecule has 0 aliphatic carbocycles. The van der Waals surface area contributed by atoms with Crippen molar-refractivity contribution in [2.24, 2.45) is 0 Å². The van der Waals surface area contributed by atoms with E-state index in [4.69, 9.17) is 5.11 Å². The van der Waals surface area contributed by atoms with E-state index < -0.39 is 17.6 Å². The molecule has 0 atom stereocenters. The summed E-state index contributed by atoms with van der Waals surface area (Å²) in [6.45, 7) is 0. The van der Waals surface area contributed by atoms with Gasteiger partial charge in [-0.2, -0.15) is 0 Å². The first-order chi connectivity index (χ1) is 9.56. The number of fused-ring (bicyclic) bond motifs is 1. The molecule has 0 fully saturated rings. The average Bonchev–Trinajstić information content (AvgIpc) is 2.84. The van der Waals surface area contributed by atoms with Crippen LogP contribution in [0.2, 0.25) is 0 Å². The number of hydrogen-bond donors (Lipinski definition) is 1. The van der Waals surface area contributed by atoms with E-state index in [2.05, 4.69) is 4.98 Å². The van der Waals surface area contributed by atoms with Crippen LogP contribution in [0, 0.1) is 11.6 Å². The Morgan fingerprint density at radius 3 is 2.55 bits per heavy atom. The summed E-state index contributed by atoms with van der Waals surface area (Å²) in [4.78, 5) is 15.4. The Hall–Kier alpha value is -2.34. The van der Waals surface area contributed by atoms with Gasteiger partial charge in [0, 0.05) is 5.56 Å². The second kappa shape index (κ2) is 4.64. The molecule has 0 unspecified atom stereocenters. The zero-order chi connectivity index (χ0) is 14.3. The molecule has 1 heterocycles. The molecule has 1 aromatic heterocycles. The van der Waals surface area contributed by atoms with Crippen LogP contribution < -0.4 is 0 Å². The number of aromatic carboxylic acids is 1. The number of carbonyl (C=O) groups is 1. The van der Waals surface area contributed by atoms with Crippen molar-refractivity contribution in [1.29, 1.82) is 0 Å². The normalized spacial score (nSPS) is 10.9. The van der Waals surface area contributed by atoms with E-state index in [9.17, 15) is 13.6 Å². The number of para-hydroxylation sites is 1. The minimum Gasteiger partial charge on any atom is -0.478 e. The van der Waals surface area contributed by atoms with Crippen molar-refractivity contribution in [3.8, 4) is 10.6 Å². The number of thiazole rings is 1. The van der Waals surface area contributed by atoms with Crippen LogP contribution in [0.25, 0.3) is 20.8 Å². The van der Waals surface area contributed by atoms with Crippen LogP contribution in [0.1, 0.15) is 10.4 Å². The molecule has 1 N–H and O–H groups in total. The number of rotatable bonds is 2. The zero-order valence-electron chi connectivity index (χ0n) is 9.93. The van der Waals surface area contributed by atoms with Crippen LogP contribution in [-0.2, 0) is 0 Å². The van der Waals surface area contributed by atoms with Crippen molar-refractivity contribution in [1.82, 2.24) is 4.98 Å². The summed E-state index contributed by atoms with van der Waals surface area (Å²) in [5.41, 5.74) is 0.467. The second-order valence-corrected chi connectivity index (χ2v) is 5.13. The third-order valence-electron chi connectivity index (χ3n) is 2.82. The molecule has 0 aliphatic rings. The molecule has 3 nitrogen and oxygen atoms in total. The molecule has 3 rings (SSSR count). The third kappa shape index (κ3) is 2.04. The van der Waals surface area contributed by atoms with Crippen molar-refractivity contribution in [2.75, 3.05) is 0 Å². The topological polar surface area (TPSA) is 50.2 Å². The first-order valence-corrected chi connectivity index (χ1v) is 6.46. The van der Waals surface area contributed by atoms with Gasteiger partial charge in [0.15, 0.2) is 11.6 Å². The Morgan fingerprint density at radius 1 is 1.15 bits per heavy atom. The monoisotopic (exact) mass is 291 g/mol. The summed E-state index contributed by atoms with van der Waals surface area (Å²) < 4.78 is 27.4. The average molecular weight is 291 g/mol. The molecule has 20 heavy (non-hydrogen) atoms. The van der Waals surface area contributed by atoms with Gasteiger partial charge in [-0.3, -0.25) is 0 Å². The summed E-state index contributed by atoms with van der Waals surface area (Å²) in [5, 5.41) is 9.45.